The number of aryl methyl sites for hydroxylation is 1. The largest absolute Gasteiger partial charge is 0.356 e. The molecular formula is C20H31N3O3S. The fraction of sp³-hybridized carbons (Fsp3) is 0.650. The highest BCUT2D eigenvalue weighted by Gasteiger charge is 2.36. The van der Waals surface area contributed by atoms with E-state index in [4.69, 9.17) is 0 Å². The summed E-state index contributed by atoms with van der Waals surface area (Å²) in [6.45, 7) is 2.67. The number of hydrogen-bond acceptors (Lipinski definition) is 3. The van der Waals surface area contributed by atoms with Gasteiger partial charge in [-0.3, -0.25) is 4.79 Å². The summed E-state index contributed by atoms with van der Waals surface area (Å²) >= 11 is 0. The van der Waals surface area contributed by atoms with Gasteiger partial charge in [0.25, 0.3) is 10.2 Å². The summed E-state index contributed by atoms with van der Waals surface area (Å²) in [4.78, 5) is 12.5. The molecule has 0 spiro atoms. The average molecular weight is 394 g/mol. The van der Waals surface area contributed by atoms with Crippen molar-refractivity contribution in [1.82, 2.24) is 13.9 Å². The number of hydrogen-bond donors (Lipinski definition) is 1. The second-order valence-corrected chi connectivity index (χ2v) is 9.47. The Labute approximate surface area is 163 Å². The minimum atomic E-state index is -3.43. The topological polar surface area (TPSA) is 69.7 Å². The molecule has 2 fully saturated rings. The zero-order chi connectivity index (χ0) is 19.1. The van der Waals surface area contributed by atoms with Crippen LogP contribution in [0.25, 0.3) is 0 Å². The molecule has 1 aromatic rings. The van der Waals surface area contributed by atoms with Crippen LogP contribution in [0.5, 0.6) is 0 Å². The van der Waals surface area contributed by atoms with E-state index < -0.39 is 10.2 Å². The molecule has 0 saturated carbocycles. The van der Waals surface area contributed by atoms with Crippen LogP contribution in [0.1, 0.15) is 44.1 Å². The summed E-state index contributed by atoms with van der Waals surface area (Å²) in [5.41, 5.74) is 1.27. The Morgan fingerprint density at radius 3 is 2.44 bits per heavy atom. The van der Waals surface area contributed by atoms with Gasteiger partial charge >= 0.3 is 0 Å². The summed E-state index contributed by atoms with van der Waals surface area (Å²) in [6.07, 6.45) is 6.28. The first-order chi connectivity index (χ1) is 13.1. The van der Waals surface area contributed by atoms with Crippen LogP contribution in [0.15, 0.2) is 30.3 Å². The molecule has 1 amide bonds. The van der Waals surface area contributed by atoms with Gasteiger partial charge in [0.2, 0.25) is 5.91 Å². The minimum Gasteiger partial charge on any atom is -0.356 e. The van der Waals surface area contributed by atoms with Crippen LogP contribution in [0, 0.1) is 5.92 Å². The molecule has 27 heavy (non-hydrogen) atoms. The Morgan fingerprint density at radius 1 is 1.00 bits per heavy atom. The minimum absolute atomic E-state index is 0.0124. The monoisotopic (exact) mass is 393 g/mol. The molecule has 1 atom stereocenters. The molecule has 2 saturated heterocycles. The van der Waals surface area contributed by atoms with E-state index in [9.17, 15) is 13.2 Å². The Kier molecular flexibility index (Phi) is 7.26. The van der Waals surface area contributed by atoms with E-state index in [2.05, 4.69) is 17.4 Å². The van der Waals surface area contributed by atoms with Crippen LogP contribution >= 0.6 is 0 Å². The average Bonchev–Trinajstić information content (AvgIpc) is 2.72. The lowest BCUT2D eigenvalue weighted by molar-refractivity contribution is -0.126. The predicted molar refractivity (Wildman–Crippen MR) is 106 cm³/mol. The number of nitrogens with one attached hydrogen (secondary N) is 1. The SMILES string of the molecule is O=C(NCCCc1ccccc1)[C@@H]1CCCN(S(=O)(=O)N2CCCCC2)C1. The number of piperidine rings is 2. The summed E-state index contributed by atoms with van der Waals surface area (Å²) in [5, 5.41) is 3.00. The molecule has 150 valence electrons. The first-order valence-corrected chi connectivity index (χ1v) is 11.5. The van der Waals surface area contributed by atoms with Crippen molar-refractivity contribution in [2.24, 2.45) is 5.92 Å². The van der Waals surface area contributed by atoms with Gasteiger partial charge in [-0.2, -0.15) is 17.0 Å². The number of nitrogens with zero attached hydrogens (tertiary/aromatic N) is 2. The zero-order valence-corrected chi connectivity index (χ0v) is 16.8. The molecule has 0 aliphatic carbocycles. The van der Waals surface area contributed by atoms with Gasteiger partial charge in [0.15, 0.2) is 0 Å². The Hall–Kier alpha value is -1.44. The Morgan fingerprint density at radius 2 is 1.70 bits per heavy atom. The van der Waals surface area contributed by atoms with Gasteiger partial charge in [0, 0.05) is 32.7 Å². The lowest BCUT2D eigenvalue weighted by Gasteiger charge is -2.36. The first kappa shape index (κ1) is 20.3. The molecule has 2 aliphatic heterocycles. The van der Waals surface area contributed by atoms with Crippen LogP contribution in [0.4, 0.5) is 0 Å². The molecule has 6 nitrogen and oxygen atoms in total. The van der Waals surface area contributed by atoms with Gasteiger partial charge in [-0.05, 0) is 44.1 Å². The molecular weight excluding hydrogens is 362 g/mol. The molecule has 0 bridgehead atoms. The molecule has 2 heterocycles. The van der Waals surface area contributed by atoms with Gasteiger partial charge < -0.3 is 5.32 Å². The van der Waals surface area contributed by atoms with Crippen LogP contribution in [0.3, 0.4) is 0 Å². The first-order valence-electron chi connectivity index (χ1n) is 10.1. The lowest BCUT2D eigenvalue weighted by Crippen LogP contribution is -2.51. The number of benzene rings is 1. The van der Waals surface area contributed by atoms with Gasteiger partial charge in [-0.1, -0.05) is 36.8 Å². The van der Waals surface area contributed by atoms with E-state index in [-0.39, 0.29) is 11.8 Å². The maximum atomic E-state index is 12.8. The van der Waals surface area contributed by atoms with Crippen molar-refractivity contribution in [1.29, 1.82) is 0 Å². The summed E-state index contributed by atoms with van der Waals surface area (Å²) < 4.78 is 28.8. The fourth-order valence-electron chi connectivity index (χ4n) is 3.92. The Balaban J connectivity index is 1.46. The zero-order valence-electron chi connectivity index (χ0n) is 16.0. The van der Waals surface area contributed by atoms with E-state index >= 15 is 0 Å². The Bertz CT molecular complexity index is 702. The van der Waals surface area contributed by atoms with Crippen LogP contribution in [-0.2, 0) is 21.4 Å². The second kappa shape index (κ2) is 9.66. The quantitative estimate of drug-likeness (QED) is 0.722. The molecule has 1 N–H and O–H groups in total. The maximum absolute atomic E-state index is 12.8. The van der Waals surface area contributed by atoms with E-state index in [1.165, 1.54) is 9.87 Å². The van der Waals surface area contributed by atoms with E-state index in [0.717, 1.165) is 44.9 Å². The maximum Gasteiger partial charge on any atom is 0.281 e. The number of carbonyl (C=O) groups excluding carboxylic acids is 1. The van der Waals surface area contributed by atoms with Crippen molar-refractivity contribution in [3.63, 3.8) is 0 Å². The molecule has 0 unspecified atom stereocenters. The fourth-order valence-corrected chi connectivity index (χ4v) is 5.69. The summed E-state index contributed by atoms with van der Waals surface area (Å²) in [7, 11) is -3.43. The standard InChI is InChI=1S/C20H31N3O3S/c24-20(21-13-7-11-18-9-3-1-4-10-18)19-12-8-16-23(17-19)27(25,26)22-14-5-2-6-15-22/h1,3-4,9-10,19H,2,5-8,11-17H2,(H,21,24)/t19-/m1/s1. The van der Waals surface area contributed by atoms with Gasteiger partial charge in [-0.25, -0.2) is 0 Å². The van der Waals surface area contributed by atoms with Crippen molar-refractivity contribution >= 4 is 16.1 Å². The highest BCUT2D eigenvalue weighted by molar-refractivity contribution is 7.86. The van der Waals surface area contributed by atoms with Crippen LogP contribution in [0.2, 0.25) is 0 Å². The van der Waals surface area contributed by atoms with E-state index in [1.807, 2.05) is 18.2 Å². The third-order valence-electron chi connectivity index (χ3n) is 5.51. The third kappa shape index (κ3) is 5.53. The normalized spacial score (nSPS) is 22.4. The predicted octanol–water partition coefficient (Wildman–Crippen LogP) is 2.18. The molecule has 2 aliphatic rings. The van der Waals surface area contributed by atoms with Gasteiger partial charge in [0.1, 0.15) is 0 Å². The number of rotatable bonds is 7. The second-order valence-electron chi connectivity index (χ2n) is 7.54. The van der Waals surface area contributed by atoms with Gasteiger partial charge in [-0.15, -0.1) is 0 Å². The molecule has 0 radical (unpaired) electrons. The molecule has 7 heteroatoms. The van der Waals surface area contributed by atoms with Crippen molar-refractivity contribution < 1.29 is 13.2 Å². The van der Waals surface area contributed by atoms with E-state index in [1.54, 1.807) is 4.31 Å². The summed E-state index contributed by atoms with van der Waals surface area (Å²) in [6, 6.07) is 10.2. The lowest BCUT2D eigenvalue weighted by atomic mass is 9.99. The molecule has 3 rings (SSSR count). The van der Waals surface area contributed by atoms with Crippen molar-refractivity contribution in [3.8, 4) is 0 Å². The highest BCUT2D eigenvalue weighted by atomic mass is 32.2. The van der Waals surface area contributed by atoms with Gasteiger partial charge in [0.05, 0.1) is 5.92 Å². The van der Waals surface area contributed by atoms with Crippen molar-refractivity contribution in [2.75, 3.05) is 32.7 Å². The van der Waals surface area contributed by atoms with Crippen molar-refractivity contribution in [2.45, 2.75) is 44.9 Å². The van der Waals surface area contributed by atoms with Crippen LogP contribution in [-0.4, -0.2) is 55.7 Å². The third-order valence-corrected chi connectivity index (χ3v) is 7.51. The number of carbonyl (C=O) groups is 1. The molecule has 1 aromatic carbocycles. The molecule has 0 aromatic heterocycles. The summed E-state index contributed by atoms with van der Waals surface area (Å²) in [5.74, 6) is -0.253. The number of amides is 1. The van der Waals surface area contributed by atoms with Crippen LogP contribution < -0.4 is 5.32 Å². The van der Waals surface area contributed by atoms with E-state index in [0.29, 0.717) is 32.7 Å². The smallest absolute Gasteiger partial charge is 0.281 e. The highest BCUT2D eigenvalue weighted by Crippen LogP contribution is 2.23. The van der Waals surface area contributed by atoms with Crippen molar-refractivity contribution in [3.05, 3.63) is 35.9 Å².